The minimum Gasteiger partial charge on any atom is -0.240 e. The fourth-order valence-electron chi connectivity index (χ4n) is 3.73. The molecule has 0 radical (unpaired) electrons. The number of benzene rings is 3. The van der Waals surface area contributed by atoms with Gasteiger partial charge in [-0.3, -0.25) is 0 Å². The molecule has 1 aliphatic rings. The SMILES string of the molecule is c1ccc(C2=Nn3c(nnc3-c3cn(-c4ccccc4)nc3-c3ccccc3)SC2)cc1. The molecule has 0 atom stereocenters. The van der Waals surface area contributed by atoms with Gasteiger partial charge in [0, 0.05) is 17.5 Å². The quantitative estimate of drug-likeness (QED) is 0.392. The first-order chi connectivity index (χ1) is 15.9. The summed E-state index contributed by atoms with van der Waals surface area (Å²) in [5.74, 6) is 1.44. The number of hydrogen-bond donors (Lipinski definition) is 0. The van der Waals surface area contributed by atoms with E-state index in [4.69, 9.17) is 10.2 Å². The lowest BCUT2D eigenvalue weighted by molar-refractivity contribution is 0.762. The molecule has 0 aliphatic carbocycles. The highest BCUT2D eigenvalue weighted by molar-refractivity contribution is 7.99. The largest absolute Gasteiger partial charge is 0.240 e. The second-order valence-electron chi connectivity index (χ2n) is 7.36. The summed E-state index contributed by atoms with van der Waals surface area (Å²) in [5, 5.41) is 19.5. The van der Waals surface area contributed by atoms with E-state index in [1.165, 1.54) is 0 Å². The zero-order valence-corrected chi connectivity index (χ0v) is 17.9. The number of fused-ring (bicyclic) bond motifs is 1. The normalized spacial score (nSPS) is 12.9. The first-order valence-electron chi connectivity index (χ1n) is 10.3. The molecular formula is C25H18N6S. The minimum absolute atomic E-state index is 0.682. The number of nitrogens with zero attached hydrogens (tertiary/aromatic N) is 6. The Morgan fingerprint density at radius 2 is 1.38 bits per heavy atom. The van der Waals surface area contributed by atoms with Crippen molar-refractivity contribution in [2.45, 2.75) is 5.16 Å². The third-order valence-corrected chi connectivity index (χ3v) is 6.23. The molecule has 6 rings (SSSR count). The average molecular weight is 435 g/mol. The van der Waals surface area contributed by atoms with Crippen LogP contribution in [0.5, 0.6) is 0 Å². The Labute approximate surface area is 189 Å². The van der Waals surface area contributed by atoms with E-state index >= 15 is 0 Å². The van der Waals surface area contributed by atoms with Crippen molar-refractivity contribution in [1.82, 2.24) is 24.7 Å². The van der Waals surface area contributed by atoms with E-state index in [-0.39, 0.29) is 0 Å². The third-order valence-electron chi connectivity index (χ3n) is 5.30. The van der Waals surface area contributed by atoms with Gasteiger partial charge in [0.25, 0.3) is 0 Å². The van der Waals surface area contributed by atoms with Gasteiger partial charge in [0.05, 0.1) is 17.0 Å². The topological polar surface area (TPSA) is 60.9 Å². The molecule has 32 heavy (non-hydrogen) atoms. The molecule has 0 amide bonds. The van der Waals surface area contributed by atoms with Gasteiger partial charge >= 0.3 is 0 Å². The van der Waals surface area contributed by atoms with E-state index in [1.54, 1.807) is 11.8 Å². The summed E-state index contributed by atoms with van der Waals surface area (Å²) in [6, 6.07) is 30.5. The lowest BCUT2D eigenvalue weighted by Crippen LogP contribution is -2.13. The van der Waals surface area contributed by atoms with Gasteiger partial charge in [-0.05, 0) is 17.7 Å². The van der Waals surface area contributed by atoms with Gasteiger partial charge in [-0.1, -0.05) is 90.6 Å². The predicted molar refractivity (Wildman–Crippen MR) is 127 cm³/mol. The highest BCUT2D eigenvalue weighted by Gasteiger charge is 2.24. The Kier molecular flexibility index (Phi) is 4.66. The third kappa shape index (κ3) is 3.33. The van der Waals surface area contributed by atoms with E-state index < -0.39 is 0 Å². The second kappa shape index (κ2) is 7.94. The molecule has 154 valence electrons. The second-order valence-corrected chi connectivity index (χ2v) is 8.30. The Morgan fingerprint density at radius 3 is 2.09 bits per heavy atom. The number of aromatic nitrogens is 5. The van der Waals surface area contributed by atoms with Crippen molar-refractivity contribution < 1.29 is 0 Å². The van der Waals surface area contributed by atoms with Crippen molar-refractivity contribution in [3.63, 3.8) is 0 Å². The van der Waals surface area contributed by atoms with E-state index in [1.807, 2.05) is 82.3 Å². The van der Waals surface area contributed by atoms with Crippen LogP contribution in [0.25, 0.3) is 28.3 Å². The molecule has 0 saturated heterocycles. The van der Waals surface area contributed by atoms with Crippen molar-refractivity contribution in [1.29, 1.82) is 0 Å². The minimum atomic E-state index is 0.682. The van der Waals surface area contributed by atoms with Crippen LogP contribution in [0, 0.1) is 0 Å². The summed E-state index contributed by atoms with van der Waals surface area (Å²) in [6.07, 6.45) is 2.01. The lowest BCUT2D eigenvalue weighted by Gasteiger charge is -2.13. The van der Waals surface area contributed by atoms with Gasteiger partial charge in [0.2, 0.25) is 5.16 Å². The van der Waals surface area contributed by atoms with Crippen molar-refractivity contribution in [2.75, 3.05) is 5.75 Å². The molecule has 6 nitrogen and oxygen atoms in total. The molecule has 3 heterocycles. The average Bonchev–Trinajstić information content (AvgIpc) is 3.50. The number of rotatable bonds is 4. The standard InChI is InChI=1S/C25H18N6S/c1-4-10-18(11-5-1)22-17-32-25-27-26-24(31(25)28-22)21-16-30(20-14-8-3-9-15-20)29-23(21)19-12-6-2-7-13-19/h1-16H,17H2. The van der Waals surface area contributed by atoms with Gasteiger partial charge in [-0.2, -0.15) is 14.9 Å². The Bertz CT molecular complexity index is 1410. The van der Waals surface area contributed by atoms with Gasteiger partial charge < -0.3 is 0 Å². The van der Waals surface area contributed by atoms with Gasteiger partial charge in [-0.25, -0.2) is 4.68 Å². The summed E-state index contributed by atoms with van der Waals surface area (Å²) in [4.78, 5) is 0. The number of hydrogen-bond acceptors (Lipinski definition) is 5. The molecule has 0 bridgehead atoms. The molecule has 7 heteroatoms. The zero-order valence-electron chi connectivity index (χ0n) is 17.0. The molecule has 0 unspecified atom stereocenters. The van der Waals surface area contributed by atoms with Crippen LogP contribution in [0.2, 0.25) is 0 Å². The Balaban J connectivity index is 1.52. The van der Waals surface area contributed by atoms with Gasteiger partial charge in [0.15, 0.2) is 5.82 Å². The van der Waals surface area contributed by atoms with Gasteiger partial charge in [0.1, 0.15) is 5.69 Å². The first-order valence-corrected chi connectivity index (χ1v) is 11.3. The van der Waals surface area contributed by atoms with Crippen LogP contribution in [-0.4, -0.2) is 36.1 Å². The first kappa shape index (κ1) is 18.8. The van der Waals surface area contributed by atoms with Crippen LogP contribution >= 0.6 is 11.8 Å². The van der Waals surface area contributed by atoms with Crippen LogP contribution in [0.4, 0.5) is 0 Å². The maximum Gasteiger partial charge on any atom is 0.212 e. The van der Waals surface area contributed by atoms with Crippen LogP contribution in [0.15, 0.2) is 107 Å². The van der Waals surface area contributed by atoms with Crippen molar-refractivity contribution >= 4 is 17.5 Å². The van der Waals surface area contributed by atoms with E-state index in [9.17, 15) is 0 Å². The zero-order chi connectivity index (χ0) is 21.3. The summed E-state index contributed by atoms with van der Waals surface area (Å²) in [7, 11) is 0. The molecule has 0 N–H and O–H groups in total. The molecule has 1 aliphatic heterocycles. The van der Waals surface area contributed by atoms with Crippen molar-refractivity contribution in [3.05, 3.63) is 103 Å². The number of para-hydroxylation sites is 1. The molecule has 2 aromatic heterocycles. The lowest BCUT2D eigenvalue weighted by atomic mass is 10.1. The number of thioether (sulfide) groups is 1. The van der Waals surface area contributed by atoms with Crippen molar-refractivity contribution in [2.24, 2.45) is 5.10 Å². The maximum atomic E-state index is 4.92. The van der Waals surface area contributed by atoms with Crippen LogP contribution in [0.1, 0.15) is 5.56 Å². The summed E-state index contributed by atoms with van der Waals surface area (Å²) >= 11 is 1.64. The Morgan fingerprint density at radius 1 is 0.719 bits per heavy atom. The Hall–Kier alpha value is -3.97. The molecule has 5 aromatic rings. The van der Waals surface area contributed by atoms with Gasteiger partial charge in [-0.15, -0.1) is 10.2 Å². The van der Waals surface area contributed by atoms with E-state index in [0.29, 0.717) is 5.82 Å². The molecule has 3 aromatic carbocycles. The summed E-state index contributed by atoms with van der Waals surface area (Å²) in [5.41, 5.74) is 5.84. The van der Waals surface area contributed by atoms with Crippen LogP contribution < -0.4 is 0 Å². The summed E-state index contributed by atoms with van der Waals surface area (Å²) < 4.78 is 3.73. The molecule has 0 spiro atoms. The van der Waals surface area contributed by atoms with E-state index in [2.05, 4.69) is 34.5 Å². The molecule has 0 fully saturated rings. The van der Waals surface area contributed by atoms with E-state index in [0.717, 1.165) is 44.7 Å². The summed E-state index contributed by atoms with van der Waals surface area (Å²) in [6.45, 7) is 0. The van der Waals surface area contributed by atoms with Crippen molar-refractivity contribution in [3.8, 4) is 28.3 Å². The maximum absolute atomic E-state index is 4.92. The monoisotopic (exact) mass is 434 g/mol. The fourth-order valence-corrected chi connectivity index (χ4v) is 4.57. The fraction of sp³-hybridized carbons (Fsp3) is 0.0400. The highest BCUT2D eigenvalue weighted by atomic mass is 32.2. The van der Waals surface area contributed by atoms with Crippen LogP contribution in [-0.2, 0) is 0 Å². The van der Waals surface area contributed by atoms with Crippen LogP contribution in [0.3, 0.4) is 0 Å². The molecule has 0 saturated carbocycles. The smallest absolute Gasteiger partial charge is 0.212 e. The molecular weight excluding hydrogens is 416 g/mol. The highest BCUT2D eigenvalue weighted by Crippen LogP contribution is 2.34. The predicted octanol–water partition coefficient (Wildman–Crippen LogP) is 5.16.